The number of nitrogens with zero attached hydrogens (tertiary/aromatic N) is 1. The van der Waals surface area contributed by atoms with E-state index in [-0.39, 0.29) is 5.97 Å². The molecular weight excluding hydrogens is 300 g/mol. The van der Waals surface area contributed by atoms with Crippen LogP contribution >= 0.6 is 0 Å². The quantitative estimate of drug-likeness (QED) is 0.722. The molecule has 1 aromatic heterocycles. The second kappa shape index (κ2) is 6.79. The highest BCUT2D eigenvalue weighted by Gasteiger charge is 2.19. The van der Waals surface area contributed by atoms with Crippen molar-refractivity contribution < 1.29 is 9.53 Å². The third-order valence-corrected chi connectivity index (χ3v) is 4.13. The summed E-state index contributed by atoms with van der Waals surface area (Å²) in [6.45, 7) is 2.18. The number of carbonyl (C=O) groups is 1. The van der Waals surface area contributed by atoms with Crippen molar-refractivity contribution in [3.8, 4) is 0 Å². The van der Waals surface area contributed by atoms with E-state index in [4.69, 9.17) is 4.74 Å². The van der Waals surface area contributed by atoms with Gasteiger partial charge in [-0.3, -0.25) is 0 Å². The fourth-order valence-electron chi connectivity index (χ4n) is 3.05. The largest absolute Gasteiger partial charge is 0.461 e. The highest BCUT2D eigenvalue weighted by atomic mass is 16.5. The van der Waals surface area contributed by atoms with Crippen LogP contribution in [0.3, 0.4) is 0 Å². The Bertz CT molecular complexity index is 865. The minimum Gasteiger partial charge on any atom is -0.461 e. The van der Waals surface area contributed by atoms with Crippen LogP contribution in [0.4, 0.5) is 5.69 Å². The van der Waals surface area contributed by atoms with E-state index in [1.807, 2.05) is 57.4 Å². The molecule has 3 rings (SSSR count). The van der Waals surface area contributed by atoms with E-state index >= 15 is 0 Å². The molecule has 0 aliphatic heterocycles. The number of hydrogen-bond acceptors (Lipinski definition) is 3. The maximum atomic E-state index is 12.4. The molecule has 0 aliphatic carbocycles. The van der Waals surface area contributed by atoms with E-state index in [1.165, 1.54) is 5.56 Å². The lowest BCUT2D eigenvalue weighted by Gasteiger charge is -2.17. The maximum absolute atomic E-state index is 12.4. The van der Waals surface area contributed by atoms with Crippen molar-refractivity contribution in [3.05, 3.63) is 65.4 Å². The molecule has 4 nitrogen and oxygen atoms in total. The molecule has 0 bridgehead atoms. The molecular formula is C20H22N2O2. The Morgan fingerprint density at radius 1 is 1.08 bits per heavy atom. The molecule has 4 heteroatoms. The Labute approximate surface area is 142 Å². The van der Waals surface area contributed by atoms with E-state index in [0.717, 1.165) is 22.2 Å². The van der Waals surface area contributed by atoms with Crippen molar-refractivity contribution in [1.29, 1.82) is 0 Å². The average Bonchev–Trinajstić information content (AvgIpc) is 2.94. The Balaban J connectivity index is 2.11. The van der Waals surface area contributed by atoms with Gasteiger partial charge < -0.3 is 14.6 Å². The second-order valence-electron chi connectivity index (χ2n) is 5.94. The summed E-state index contributed by atoms with van der Waals surface area (Å²) >= 11 is 0. The van der Waals surface area contributed by atoms with Crippen molar-refractivity contribution in [1.82, 2.24) is 4.98 Å². The summed E-state index contributed by atoms with van der Waals surface area (Å²) in [4.78, 5) is 17.7. The molecule has 0 saturated carbocycles. The normalized spacial score (nSPS) is 10.8. The zero-order valence-electron chi connectivity index (χ0n) is 14.3. The fraction of sp³-hybridized carbons (Fsp3) is 0.250. The average molecular weight is 322 g/mol. The number of aromatic amines is 1. The fourth-order valence-corrected chi connectivity index (χ4v) is 3.05. The van der Waals surface area contributed by atoms with Gasteiger partial charge >= 0.3 is 5.97 Å². The predicted molar refractivity (Wildman–Crippen MR) is 97.8 cm³/mol. The SMILES string of the molecule is CCOC(=O)c1[nH]c2ccccc2c1Cc1ccccc1N(C)C. The van der Waals surface area contributed by atoms with Crippen molar-refractivity contribution in [2.45, 2.75) is 13.3 Å². The molecule has 3 aromatic rings. The Morgan fingerprint density at radius 3 is 2.54 bits per heavy atom. The smallest absolute Gasteiger partial charge is 0.355 e. The number of nitrogens with one attached hydrogen (secondary N) is 1. The van der Waals surface area contributed by atoms with Gasteiger partial charge in [0.25, 0.3) is 0 Å². The van der Waals surface area contributed by atoms with Gasteiger partial charge in [0.2, 0.25) is 0 Å². The Kier molecular flexibility index (Phi) is 4.56. The van der Waals surface area contributed by atoms with Crippen LogP contribution in [0.1, 0.15) is 28.5 Å². The van der Waals surface area contributed by atoms with Crippen molar-refractivity contribution in [2.24, 2.45) is 0 Å². The molecule has 0 fully saturated rings. The lowest BCUT2D eigenvalue weighted by molar-refractivity contribution is 0.0519. The minimum absolute atomic E-state index is 0.300. The van der Waals surface area contributed by atoms with Crippen molar-refractivity contribution >= 4 is 22.6 Å². The standard InChI is InChI=1S/C20H22N2O2/c1-4-24-20(23)19-16(15-10-6-7-11-17(15)21-19)13-14-9-5-8-12-18(14)22(2)3/h5-12,21H,4,13H2,1-3H3. The molecule has 2 aromatic carbocycles. The molecule has 0 amide bonds. The van der Waals surface area contributed by atoms with Crippen LogP contribution in [-0.2, 0) is 11.2 Å². The summed E-state index contributed by atoms with van der Waals surface area (Å²) in [5.41, 5.74) is 4.82. The van der Waals surface area contributed by atoms with Gasteiger partial charge in [0.05, 0.1) is 6.61 Å². The number of rotatable bonds is 5. The van der Waals surface area contributed by atoms with Crippen molar-refractivity contribution in [3.63, 3.8) is 0 Å². The van der Waals surface area contributed by atoms with E-state index in [1.54, 1.807) is 0 Å². The molecule has 0 radical (unpaired) electrons. The van der Waals surface area contributed by atoms with E-state index in [2.05, 4.69) is 22.0 Å². The first-order chi connectivity index (χ1) is 11.6. The second-order valence-corrected chi connectivity index (χ2v) is 5.94. The van der Waals surface area contributed by atoms with Gasteiger partial charge in [-0.05, 0) is 30.2 Å². The van der Waals surface area contributed by atoms with Crippen LogP contribution < -0.4 is 4.90 Å². The number of aromatic nitrogens is 1. The molecule has 0 saturated heterocycles. The van der Waals surface area contributed by atoms with Gasteiger partial charge in [0, 0.05) is 37.1 Å². The minimum atomic E-state index is -0.300. The van der Waals surface area contributed by atoms with Gasteiger partial charge in [-0.1, -0.05) is 36.4 Å². The van der Waals surface area contributed by atoms with Crippen LogP contribution in [0.15, 0.2) is 48.5 Å². The van der Waals surface area contributed by atoms with Crippen LogP contribution in [-0.4, -0.2) is 31.7 Å². The van der Waals surface area contributed by atoms with Crippen LogP contribution in [0.25, 0.3) is 10.9 Å². The number of para-hydroxylation sites is 2. The van der Waals surface area contributed by atoms with Crippen LogP contribution in [0.5, 0.6) is 0 Å². The maximum Gasteiger partial charge on any atom is 0.355 e. The van der Waals surface area contributed by atoms with Gasteiger partial charge in [-0.25, -0.2) is 4.79 Å². The number of anilines is 1. The summed E-state index contributed by atoms with van der Waals surface area (Å²) in [6, 6.07) is 16.2. The van der Waals surface area contributed by atoms with Gasteiger partial charge in [-0.15, -0.1) is 0 Å². The third kappa shape index (κ3) is 3.00. The first kappa shape index (κ1) is 16.1. The van der Waals surface area contributed by atoms with E-state index in [9.17, 15) is 4.79 Å². The summed E-state index contributed by atoms with van der Waals surface area (Å²) < 4.78 is 5.23. The number of esters is 1. The number of fused-ring (bicyclic) bond motifs is 1. The molecule has 0 atom stereocenters. The van der Waals surface area contributed by atoms with E-state index in [0.29, 0.717) is 18.7 Å². The molecule has 1 heterocycles. The summed E-state index contributed by atoms with van der Waals surface area (Å²) in [6.07, 6.45) is 0.673. The molecule has 1 N–H and O–H groups in total. The van der Waals surface area contributed by atoms with Crippen LogP contribution in [0.2, 0.25) is 0 Å². The molecule has 124 valence electrons. The lowest BCUT2D eigenvalue weighted by atomic mass is 10.00. The molecule has 0 aliphatic rings. The first-order valence-electron chi connectivity index (χ1n) is 8.13. The highest BCUT2D eigenvalue weighted by molar-refractivity contribution is 5.98. The Hall–Kier alpha value is -2.75. The number of carbonyl (C=O) groups excluding carboxylic acids is 1. The molecule has 24 heavy (non-hydrogen) atoms. The number of hydrogen-bond donors (Lipinski definition) is 1. The van der Waals surface area contributed by atoms with E-state index < -0.39 is 0 Å². The van der Waals surface area contributed by atoms with Gasteiger partial charge in [-0.2, -0.15) is 0 Å². The summed E-state index contributed by atoms with van der Waals surface area (Å²) in [5, 5.41) is 1.06. The molecule has 0 spiro atoms. The van der Waals surface area contributed by atoms with Crippen molar-refractivity contribution in [2.75, 3.05) is 25.6 Å². The highest BCUT2D eigenvalue weighted by Crippen LogP contribution is 2.29. The van der Waals surface area contributed by atoms with Crippen LogP contribution in [0, 0.1) is 0 Å². The first-order valence-corrected chi connectivity index (χ1v) is 8.13. The predicted octanol–water partition coefficient (Wildman–Crippen LogP) is 4.00. The summed E-state index contributed by atoms with van der Waals surface area (Å²) in [5.74, 6) is -0.300. The number of H-pyrrole nitrogens is 1. The zero-order valence-corrected chi connectivity index (χ0v) is 14.3. The monoisotopic (exact) mass is 322 g/mol. The topological polar surface area (TPSA) is 45.3 Å². The third-order valence-electron chi connectivity index (χ3n) is 4.13. The van der Waals surface area contributed by atoms with Gasteiger partial charge in [0.1, 0.15) is 5.69 Å². The number of ether oxygens (including phenoxy) is 1. The number of benzene rings is 2. The van der Waals surface area contributed by atoms with Gasteiger partial charge in [0.15, 0.2) is 0 Å². The summed E-state index contributed by atoms with van der Waals surface area (Å²) in [7, 11) is 4.06. The Morgan fingerprint density at radius 2 is 1.79 bits per heavy atom. The lowest BCUT2D eigenvalue weighted by Crippen LogP contribution is -2.12. The zero-order chi connectivity index (χ0) is 17.1. The molecule has 0 unspecified atom stereocenters.